The molecule has 3 N–H and O–H groups in total. The van der Waals surface area contributed by atoms with Crippen LogP contribution in [0.15, 0.2) is 0 Å². The molecule has 0 radical (unpaired) electrons. The van der Waals surface area contributed by atoms with E-state index in [9.17, 15) is 4.79 Å². The van der Waals surface area contributed by atoms with Crippen LogP contribution < -0.4 is 11.1 Å². The van der Waals surface area contributed by atoms with E-state index in [1.54, 1.807) is 0 Å². The number of amides is 1. The predicted molar refractivity (Wildman–Crippen MR) is 84.6 cm³/mol. The van der Waals surface area contributed by atoms with E-state index in [0.29, 0.717) is 12.5 Å². The second-order valence-electron chi connectivity index (χ2n) is 6.73. The topological polar surface area (TPSA) is 58.4 Å². The highest BCUT2D eigenvalue weighted by atomic mass is 16.1. The molecule has 20 heavy (non-hydrogen) atoms. The third-order valence-corrected chi connectivity index (χ3v) is 4.50. The Kier molecular flexibility index (Phi) is 7.52. The largest absolute Gasteiger partial charge is 0.356 e. The molecule has 1 aliphatic rings. The molecule has 118 valence electrons. The van der Waals surface area contributed by atoms with Crippen LogP contribution in [0.5, 0.6) is 0 Å². The predicted octanol–water partition coefficient (Wildman–Crippen LogP) is 2.27. The molecule has 1 aliphatic carbocycles. The summed E-state index contributed by atoms with van der Waals surface area (Å²) in [6, 6.07) is 0.591. The van der Waals surface area contributed by atoms with Gasteiger partial charge in [-0.15, -0.1) is 0 Å². The molecule has 1 saturated carbocycles. The molecule has 0 spiro atoms. The fourth-order valence-corrected chi connectivity index (χ4v) is 2.79. The summed E-state index contributed by atoms with van der Waals surface area (Å²) in [5.74, 6) is 0.131. The normalized spacial score (nSPS) is 18.5. The molecule has 0 saturated heterocycles. The average Bonchev–Trinajstić information content (AvgIpc) is 2.38. The zero-order valence-electron chi connectivity index (χ0n) is 13.6. The molecule has 0 aromatic rings. The number of rotatable bonds is 8. The second-order valence-corrected chi connectivity index (χ2v) is 6.73. The van der Waals surface area contributed by atoms with Crippen molar-refractivity contribution in [2.75, 3.05) is 20.1 Å². The highest BCUT2D eigenvalue weighted by Crippen LogP contribution is 2.28. The lowest BCUT2D eigenvalue weighted by Crippen LogP contribution is -2.46. The summed E-state index contributed by atoms with van der Waals surface area (Å²) < 4.78 is 0. The Morgan fingerprint density at radius 3 is 2.50 bits per heavy atom. The van der Waals surface area contributed by atoms with E-state index in [0.717, 1.165) is 38.8 Å². The van der Waals surface area contributed by atoms with E-state index in [2.05, 4.69) is 31.1 Å². The number of hydrogen-bond acceptors (Lipinski definition) is 3. The van der Waals surface area contributed by atoms with Gasteiger partial charge in [-0.2, -0.15) is 0 Å². The lowest BCUT2D eigenvalue weighted by molar-refractivity contribution is -0.122. The number of nitrogens with two attached hydrogens (primary N) is 1. The van der Waals surface area contributed by atoms with Crippen molar-refractivity contribution in [3.63, 3.8) is 0 Å². The SMILES string of the molecule is CC(C)N(C)CCCCNC(=O)CC1(N)CCCCC1. The van der Waals surface area contributed by atoms with Crippen LogP contribution in [0, 0.1) is 0 Å². The molecule has 0 aliphatic heterocycles. The van der Waals surface area contributed by atoms with Gasteiger partial charge in [-0.05, 0) is 53.1 Å². The second kappa shape index (κ2) is 8.63. The van der Waals surface area contributed by atoms with Crippen molar-refractivity contribution >= 4 is 5.91 Å². The Labute approximate surface area is 124 Å². The molecule has 4 nitrogen and oxygen atoms in total. The van der Waals surface area contributed by atoms with Gasteiger partial charge in [-0.3, -0.25) is 4.79 Å². The van der Waals surface area contributed by atoms with Gasteiger partial charge >= 0.3 is 0 Å². The van der Waals surface area contributed by atoms with Gasteiger partial charge in [0.1, 0.15) is 0 Å². The quantitative estimate of drug-likeness (QED) is 0.672. The number of hydrogen-bond donors (Lipinski definition) is 2. The van der Waals surface area contributed by atoms with Gasteiger partial charge in [-0.25, -0.2) is 0 Å². The molecular weight excluding hydrogens is 250 g/mol. The van der Waals surface area contributed by atoms with Gasteiger partial charge in [0.25, 0.3) is 0 Å². The third kappa shape index (κ3) is 6.71. The number of nitrogens with zero attached hydrogens (tertiary/aromatic N) is 1. The number of carbonyl (C=O) groups excluding carboxylic acids is 1. The van der Waals surface area contributed by atoms with Crippen molar-refractivity contribution in [2.24, 2.45) is 5.73 Å². The van der Waals surface area contributed by atoms with Crippen LogP contribution >= 0.6 is 0 Å². The summed E-state index contributed by atoms with van der Waals surface area (Å²) in [5, 5.41) is 3.02. The summed E-state index contributed by atoms with van der Waals surface area (Å²) >= 11 is 0. The Hall–Kier alpha value is -0.610. The monoisotopic (exact) mass is 283 g/mol. The zero-order valence-corrected chi connectivity index (χ0v) is 13.6. The van der Waals surface area contributed by atoms with Crippen molar-refractivity contribution in [3.8, 4) is 0 Å². The van der Waals surface area contributed by atoms with Crippen LogP contribution in [0.2, 0.25) is 0 Å². The first-order chi connectivity index (χ1) is 9.43. The maximum Gasteiger partial charge on any atom is 0.221 e. The van der Waals surface area contributed by atoms with Gasteiger partial charge in [-0.1, -0.05) is 19.3 Å². The highest BCUT2D eigenvalue weighted by molar-refractivity contribution is 5.77. The van der Waals surface area contributed by atoms with Crippen LogP contribution in [0.1, 0.15) is 65.2 Å². The highest BCUT2D eigenvalue weighted by Gasteiger charge is 2.29. The molecule has 0 aromatic carbocycles. The minimum atomic E-state index is -0.236. The molecule has 0 aromatic heterocycles. The summed E-state index contributed by atoms with van der Waals surface area (Å²) in [6.07, 6.45) is 8.28. The van der Waals surface area contributed by atoms with Crippen LogP contribution in [0.4, 0.5) is 0 Å². The number of carbonyl (C=O) groups is 1. The summed E-state index contributed by atoms with van der Waals surface area (Å²) in [5.41, 5.74) is 6.06. The first kappa shape index (κ1) is 17.4. The Morgan fingerprint density at radius 2 is 1.90 bits per heavy atom. The van der Waals surface area contributed by atoms with Crippen molar-refractivity contribution in [1.29, 1.82) is 0 Å². The lowest BCUT2D eigenvalue weighted by Gasteiger charge is -2.32. The maximum atomic E-state index is 11.9. The van der Waals surface area contributed by atoms with Gasteiger partial charge in [0.15, 0.2) is 0 Å². The first-order valence-electron chi connectivity index (χ1n) is 8.19. The summed E-state index contributed by atoms with van der Waals surface area (Å²) in [4.78, 5) is 14.3. The molecule has 0 atom stereocenters. The fraction of sp³-hybridized carbons (Fsp3) is 0.938. The standard InChI is InChI=1S/C16H33N3O/c1-14(2)19(3)12-8-7-11-18-15(20)13-16(17)9-5-4-6-10-16/h14H,4-13,17H2,1-3H3,(H,18,20). The van der Waals surface area contributed by atoms with Crippen molar-refractivity contribution in [3.05, 3.63) is 0 Å². The molecule has 0 heterocycles. The maximum absolute atomic E-state index is 11.9. The smallest absolute Gasteiger partial charge is 0.221 e. The Balaban J connectivity index is 2.08. The van der Waals surface area contributed by atoms with Crippen LogP contribution in [0.25, 0.3) is 0 Å². The van der Waals surface area contributed by atoms with Gasteiger partial charge in [0.2, 0.25) is 5.91 Å². The van der Waals surface area contributed by atoms with Crippen molar-refractivity contribution in [2.45, 2.75) is 76.8 Å². The van der Waals surface area contributed by atoms with E-state index >= 15 is 0 Å². The number of nitrogens with one attached hydrogen (secondary N) is 1. The lowest BCUT2D eigenvalue weighted by atomic mass is 9.80. The van der Waals surface area contributed by atoms with E-state index < -0.39 is 0 Å². The molecule has 4 heteroatoms. The summed E-state index contributed by atoms with van der Waals surface area (Å²) in [6.45, 7) is 6.27. The number of unbranched alkanes of at least 4 members (excludes halogenated alkanes) is 1. The fourth-order valence-electron chi connectivity index (χ4n) is 2.79. The minimum absolute atomic E-state index is 0.131. The molecule has 0 unspecified atom stereocenters. The van der Waals surface area contributed by atoms with E-state index in [-0.39, 0.29) is 11.4 Å². The molecule has 1 fully saturated rings. The minimum Gasteiger partial charge on any atom is -0.356 e. The average molecular weight is 283 g/mol. The van der Waals surface area contributed by atoms with Gasteiger partial charge in [0, 0.05) is 24.5 Å². The van der Waals surface area contributed by atoms with Gasteiger partial charge in [0.05, 0.1) is 0 Å². The molecule has 1 amide bonds. The Bertz CT molecular complexity index is 285. The van der Waals surface area contributed by atoms with Crippen LogP contribution in [-0.4, -0.2) is 42.5 Å². The van der Waals surface area contributed by atoms with E-state index in [1.807, 2.05) is 0 Å². The Morgan fingerprint density at radius 1 is 1.25 bits per heavy atom. The van der Waals surface area contributed by atoms with Crippen LogP contribution in [-0.2, 0) is 4.79 Å². The summed E-state index contributed by atoms with van der Waals surface area (Å²) in [7, 11) is 2.14. The first-order valence-corrected chi connectivity index (χ1v) is 8.19. The molecule has 1 rings (SSSR count). The third-order valence-electron chi connectivity index (χ3n) is 4.50. The molecule has 0 bridgehead atoms. The zero-order chi connectivity index (χ0) is 15.0. The molecular formula is C16H33N3O. The van der Waals surface area contributed by atoms with Crippen molar-refractivity contribution in [1.82, 2.24) is 10.2 Å². The van der Waals surface area contributed by atoms with Crippen molar-refractivity contribution < 1.29 is 4.79 Å². The van der Waals surface area contributed by atoms with E-state index in [1.165, 1.54) is 19.3 Å². The van der Waals surface area contributed by atoms with E-state index in [4.69, 9.17) is 5.73 Å². The van der Waals surface area contributed by atoms with Crippen LogP contribution in [0.3, 0.4) is 0 Å². The van der Waals surface area contributed by atoms with Gasteiger partial charge < -0.3 is 16.0 Å².